The van der Waals surface area contributed by atoms with Crippen LogP contribution >= 0.6 is 0 Å². The summed E-state index contributed by atoms with van der Waals surface area (Å²) >= 11 is 0. The SMILES string of the molecule is CN1CCN(S(=O)(=O)c2ccc3c(c2)CNC3)CC1(C)C. The number of rotatable bonds is 2. The van der Waals surface area contributed by atoms with Gasteiger partial charge in [-0.2, -0.15) is 4.31 Å². The highest BCUT2D eigenvalue weighted by Crippen LogP contribution is 2.27. The monoisotopic (exact) mass is 309 g/mol. The van der Waals surface area contributed by atoms with Crippen molar-refractivity contribution in [1.82, 2.24) is 14.5 Å². The van der Waals surface area contributed by atoms with E-state index in [-0.39, 0.29) is 5.54 Å². The lowest BCUT2D eigenvalue weighted by Crippen LogP contribution is -2.58. The van der Waals surface area contributed by atoms with Gasteiger partial charge in [-0.15, -0.1) is 0 Å². The fourth-order valence-corrected chi connectivity index (χ4v) is 4.62. The van der Waals surface area contributed by atoms with Gasteiger partial charge < -0.3 is 5.32 Å². The molecule has 0 unspecified atom stereocenters. The molecule has 0 saturated carbocycles. The highest BCUT2D eigenvalue weighted by Gasteiger charge is 2.37. The smallest absolute Gasteiger partial charge is 0.243 e. The number of sulfonamides is 1. The summed E-state index contributed by atoms with van der Waals surface area (Å²) < 4.78 is 27.4. The predicted molar refractivity (Wildman–Crippen MR) is 82.5 cm³/mol. The Morgan fingerprint density at radius 1 is 1.14 bits per heavy atom. The summed E-state index contributed by atoms with van der Waals surface area (Å²) in [5, 5.41) is 3.25. The molecule has 2 heterocycles. The van der Waals surface area contributed by atoms with Crippen molar-refractivity contribution in [2.24, 2.45) is 0 Å². The molecule has 1 N–H and O–H groups in total. The van der Waals surface area contributed by atoms with E-state index in [9.17, 15) is 8.42 Å². The van der Waals surface area contributed by atoms with E-state index < -0.39 is 10.0 Å². The third kappa shape index (κ3) is 2.61. The Hall–Kier alpha value is -0.950. The van der Waals surface area contributed by atoms with Crippen molar-refractivity contribution in [3.63, 3.8) is 0 Å². The number of hydrogen-bond acceptors (Lipinski definition) is 4. The maximum Gasteiger partial charge on any atom is 0.243 e. The van der Waals surface area contributed by atoms with Crippen LogP contribution in [0, 0.1) is 0 Å². The van der Waals surface area contributed by atoms with Crippen molar-refractivity contribution in [3.8, 4) is 0 Å². The van der Waals surface area contributed by atoms with E-state index >= 15 is 0 Å². The first kappa shape index (κ1) is 15.0. The minimum absolute atomic E-state index is 0.135. The summed E-state index contributed by atoms with van der Waals surface area (Å²) in [6.45, 7) is 7.60. The first-order chi connectivity index (χ1) is 9.80. The molecule has 116 valence electrons. The molecule has 6 heteroatoms. The first-order valence-electron chi connectivity index (χ1n) is 7.35. The summed E-state index contributed by atoms with van der Waals surface area (Å²) in [7, 11) is -1.35. The summed E-state index contributed by atoms with van der Waals surface area (Å²) in [5.41, 5.74) is 2.17. The lowest BCUT2D eigenvalue weighted by Gasteiger charge is -2.44. The molecule has 2 aliphatic rings. The maximum atomic E-state index is 12.9. The first-order valence-corrected chi connectivity index (χ1v) is 8.79. The van der Waals surface area contributed by atoms with Crippen LogP contribution in [0.4, 0.5) is 0 Å². The van der Waals surface area contributed by atoms with Gasteiger partial charge in [0.2, 0.25) is 10.0 Å². The van der Waals surface area contributed by atoms with Crippen LogP contribution in [-0.2, 0) is 23.1 Å². The van der Waals surface area contributed by atoms with Crippen LogP contribution < -0.4 is 5.32 Å². The van der Waals surface area contributed by atoms with Crippen molar-refractivity contribution in [3.05, 3.63) is 29.3 Å². The molecule has 0 spiro atoms. The molecule has 0 atom stereocenters. The molecule has 1 aromatic rings. The number of fused-ring (bicyclic) bond motifs is 1. The summed E-state index contributed by atoms with van der Waals surface area (Å²) in [6, 6.07) is 5.51. The molecule has 5 nitrogen and oxygen atoms in total. The van der Waals surface area contributed by atoms with Gasteiger partial charge in [0.05, 0.1) is 4.90 Å². The van der Waals surface area contributed by atoms with Gasteiger partial charge in [-0.3, -0.25) is 4.90 Å². The van der Waals surface area contributed by atoms with E-state index in [1.54, 1.807) is 10.4 Å². The van der Waals surface area contributed by atoms with Crippen LogP contribution in [0.1, 0.15) is 25.0 Å². The molecular weight excluding hydrogens is 286 g/mol. The van der Waals surface area contributed by atoms with Crippen LogP contribution in [0.3, 0.4) is 0 Å². The zero-order chi connectivity index (χ0) is 15.3. The third-order valence-electron chi connectivity index (χ3n) is 4.73. The van der Waals surface area contributed by atoms with Crippen LogP contribution in [0.5, 0.6) is 0 Å². The normalized spacial score (nSPS) is 23.2. The van der Waals surface area contributed by atoms with Crippen LogP contribution in [-0.4, -0.2) is 49.8 Å². The average Bonchev–Trinajstić information content (AvgIpc) is 2.88. The summed E-state index contributed by atoms with van der Waals surface area (Å²) in [4.78, 5) is 2.64. The minimum atomic E-state index is -3.40. The lowest BCUT2D eigenvalue weighted by molar-refractivity contribution is 0.0801. The summed E-state index contributed by atoms with van der Waals surface area (Å²) in [5.74, 6) is 0. The van der Waals surface area contributed by atoms with Crippen molar-refractivity contribution in [2.75, 3.05) is 26.7 Å². The van der Waals surface area contributed by atoms with Crippen molar-refractivity contribution < 1.29 is 8.42 Å². The molecule has 1 fully saturated rings. The van der Waals surface area contributed by atoms with E-state index in [0.717, 1.165) is 25.2 Å². The van der Waals surface area contributed by atoms with Gasteiger partial charge in [0.15, 0.2) is 0 Å². The standard InChI is InChI=1S/C15H23N3O2S/c1-15(2)11-18(7-6-17(15)3)21(19,20)14-5-4-12-9-16-10-13(12)8-14/h4-5,8,16H,6-7,9-11H2,1-3H3. The number of benzene rings is 1. The molecule has 2 aliphatic heterocycles. The Morgan fingerprint density at radius 2 is 1.86 bits per heavy atom. The second kappa shape index (κ2) is 5.05. The molecule has 1 saturated heterocycles. The van der Waals surface area contributed by atoms with Crippen molar-refractivity contribution in [2.45, 2.75) is 37.4 Å². The number of likely N-dealkylation sites (N-methyl/N-ethyl adjacent to an activating group) is 1. The topological polar surface area (TPSA) is 52.7 Å². The number of hydrogen-bond donors (Lipinski definition) is 1. The van der Waals surface area contributed by atoms with Gasteiger partial charge in [0, 0.05) is 38.3 Å². The van der Waals surface area contributed by atoms with E-state index in [1.165, 1.54) is 5.56 Å². The molecule has 21 heavy (non-hydrogen) atoms. The van der Waals surface area contributed by atoms with Gasteiger partial charge in [-0.05, 0) is 44.2 Å². The number of nitrogens with zero attached hydrogens (tertiary/aromatic N) is 2. The van der Waals surface area contributed by atoms with Crippen molar-refractivity contribution >= 4 is 10.0 Å². The number of piperazine rings is 1. The van der Waals surface area contributed by atoms with Gasteiger partial charge in [-0.25, -0.2) is 8.42 Å². The molecule has 0 aliphatic carbocycles. The van der Waals surface area contributed by atoms with Crippen molar-refractivity contribution in [1.29, 1.82) is 0 Å². The highest BCUT2D eigenvalue weighted by molar-refractivity contribution is 7.89. The quantitative estimate of drug-likeness (QED) is 0.886. The summed E-state index contributed by atoms with van der Waals surface area (Å²) in [6.07, 6.45) is 0. The Kier molecular flexibility index (Phi) is 3.60. The van der Waals surface area contributed by atoms with E-state index in [0.29, 0.717) is 18.0 Å². The second-order valence-electron chi connectivity index (χ2n) is 6.61. The van der Waals surface area contributed by atoms with Gasteiger partial charge in [0.1, 0.15) is 0 Å². The van der Waals surface area contributed by atoms with E-state index in [2.05, 4.69) is 24.1 Å². The fraction of sp³-hybridized carbons (Fsp3) is 0.600. The Bertz CT molecular complexity index is 655. The van der Waals surface area contributed by atoms with Crippen LogP contribution in [0.15, 0.2) is 23.1 Å². The Labute approximate surface area is 127 Å². The molecule has 0 amide bonds. The van der Waals surface area contributed by atoms with Gasteiger partial charge >= 0.3 is 0 Å². The Morgan fingerprint density at radius 3 is 2.57 bits per heavy atom. The van der Waals surface area contributed by atoms with Gasteiger partial charge in [-0.1, -0.05) is 6.07 Å². The van der Waals surface area contributed by atoms with E-state index in [4.69, 9.17) is 0 Å². The van der Waals surface area contributed by atoms with Crippen LogP contribution in [0.25, 0.3) is 0 Å². The third-order valence-corrected chi connectivity index (χ3v) is 6.57. The molecule has 0 aromatic heterocycles. The molecule has 3 rings (SSSR count). The lowest BCUT2D eigenvalue weighted by atomic mass is 10.0. The molecular formula is C15H23N3O2S. The predicted octanol–water partition coefficient (Wildman–Crippen LogP) is 1.00. The highest BCUT2D eigenvalue weighted by atomic mass is 32.2. The zero-order valence-corrected chi connectivity index (χ0v) is 13.7. The van der Waals surface area contributed by atoms with E-state index in [1.807, 2.05) is 19.2 Å². The fourth-order valence-electron chi connectivity index (χ4n) is 2.98. The Balaban J connectivity index is 1.90. The largest absolute Gasteiger partial charge is 0.309 e. The minimum Gasteiger partial charge on any atom is -0.309 e. The van der Waals surface area contributed by atoms with Crippen LogP contribution in [0.2, 0.25) is 0 Å². The molecule has 0 bridgehead atoms. The second-order valence-corrected chi connectivity index (χ2v) is 8.54. The molecule has 1 aromatic carbocycles. The number of nitrogens with one attached hydrogen (secondary N) is 1. The zero-order valence-electron chi connectivity index (χ0n) is 12.9. The van der Waals surface area contributed by atoms with Gasteiger partial charge in [0.25, 0.3) is 0 Å². The average molecular weight is 309 g/mol. The maximum absolute atomic E-state index is 12.9. The molecule has 0 radical (unpaired) electrons.